The molecule has 4 aliphatic rings. The standard InChI is InChI=1S/C47H32N2OS/c1-2-12-29(13-3-1)40-28-41(30-22-24-35-34-16-6-11-21-44(34)51-45(35)27-30)49-46(48-40)31-23-25-39-43(26-31)50-42-20-10-9-19-38(42)47(39)36-17-7-4-14-32(36)33-15-5-8-18-37(33)47/h1-7,9-17,19-27,41H,8,18,28H2. The fourth-order valence-corrected chi connectivity index (χ4v) is 10.1. The molecule has 4 heteroatoms. The quantitative estimate of drug-likeness (QED) is 0.184. The maximum Gasteiger partial charge on any atom is 0.155 e. The summed E-state index contributed by atoms with van der Waals surface area (Å²) < 4.78 is 9.46. The van der Waals surface area contributed by atoms with Gasteiger partial charge in [0.05, 0.1) is 17.2 Å². The number of fused-ring (bicyclic) bond motifs is 11. The lowest BCUT2D eigenvalue weighted by Crippen LogP contribution is -2.33. The molecule has 2 aliphatic heterocycles. The SMILES string of the molecule is C1=CC2=C(CC1)C1(c3ccccc3Oc3cc(C4=NC(c5ccc6c(c5)sc5ccccc56)CC(c5ccccc5)=N4)ccc31)c1ccccc12. The lowest BCUT2D eigenvalue weighted by atomic mass is 9.64. The van der Waals surface area contributed by atoms with E-state index in [4.69, 9.17) is 14.7 Å². The normalized spacial score (nSPS) is 20.0. The zero-order valence-electron chi connectivity index (χ0n) is 27.8. The number of benzene rings is 6. The lowest BCUT2D eigenvalue weighted by molar-refractivity contribution is 0.431. The highest BCUT2D eigenvalue weighted by molar-refractivity contribution is 7.25. The largest absolute Gasteiger partial charge is 0.457 e. The Hall–Kier alpha value is -5.84. The number of thiophene rings is 1. The van der Waals surface area contributed by atoms with Gasteiger partial charge in [-0.05, 0) is 70.5 Å². The minimum Gasteiger partial charge on any atom is -0.457 e. The summed E-state index contributed by atoms with van der Waals surface area (Å²) in [4.78, 5) is 10.7. The van der Waals surface area contributed by atoms with Crippen LogP contribution in [0, 0.1) is 0 Å². The molecule has 3 heterocycles. The van der Waals surface area contributed by atoms with Crippen LogP contribution < -0.4 is 4.74 Å². The molecule has 3 nitrogen and oxygen atoms in total. The summed E-state index contributed by atoms with van der Waals surface area (Å²) >= 11 is 1.85. The Morgan fingerprint density at radius 2 is 1.43 bits per heavy atom. The van der Waals surface area contributed by atoms with Crippen molar-refractivity contribution in [3.8, 4) is 11.5 Å². The predicted octanol–water partition coefficient (Wildman–Crippen LogP) is 12.0. The van der Waals surface area contributed by atoms with E-state index in [9.17, 15) is 0 Å². The number of hydrogen-bond acceptors (Lipinski definition) is 4. The predicted molar refractivity (Wildman–Crippen MR) is 211 cm³/mol. The molecule has 0 radical (unpaired) electrons. The van der Waals surface area contributed by atoms with E-state index in [1.54, 1.807) is 0 Å². The molecule has 11 rings (SSSR count). The summed E-state index contributed by atoms with van der Waals surface area (Å²) in [6.45, 7) is 0. The monoisotopic (exact) mass is 672 g/mol. The first kappa shape index (κ1) is 28.9. The summed E-state index contributed by atoms with van der Waals surface area (Å²) in [6, 6.07) is 50.3. The zero-order valence-corrected chi connectivity index (χ0v) is 28.7. The van der Waals surface area contributed by atoms with Crippen LogP contribution in [0.25, 0.3) is 25.7 Å². The highest BCUT2D eigenvalue weighted by Gasteiger charge is 2.52. The third-order valence-corrected chi connectivity index (χ3v) is 12.3. The average Bonchev–Trinajstić information content (AvgIpc) is 3.72. The van der Waals surface area contributed by atoms with E-state index in [2.05, 4.69) is 152 Å². The third kappa shape index (κ3) is 4.23. The molecule has 7 aromatic rings. The first-order valence-electron chi connectivity index (χ1n) is 17.8. The number of para-hydroxylation sites is 1. The van der Waals surface area contributed by atoms with Crippen molar-refractivity contribution in [3.63, 3.8) is 0 Å². The van der Waals surface area contributed by atoms with Crippen molar-refractivity contribution >= 4 is 48.6 Å². The van der Waals surface area contributed by atoms with E-state index in [-0.39, 0.29) is 6.04 Å². The van der Waals surface area contributed by atoms with E-state index in [1.807, 2.05) is 11.3 Å². The molecule has 0 saturated carbocycles. The average molecular weight is 673 g/mol. The second-order valence-corrected chi connectivity index (χ2v) is 15.0. The molecular weight excluding hydrogens is 641 g/mol. The Labute approximate surface area is 300 Å². The summed E-state index contributed by atoms with van der Waals surface area (Å²) in [5.74, 6) is 2.53. The van der Waals surface area contributed by atoms with Crippen LogP contribution in [0.15, 0.2) is 167 Å². The summed E-state index contributed by atoms with van der Waals surface area (Å²) in [7, 11) is 0. The van der Waals surface area contributed by atoms with Crippen molar-refractivity contribution in [3.05, 3.63) is 196 Å². The second kappa shape index (κ2) is 11.1. The molecule has 0 saturated heterocycles. The van der Waals surface area contributed by atoms with Gasteiger partial charge in [-0.15, -0.1) is 11.3 Å². The molecule has 1 spiro atoms. The molecule has 2 aliphatic carbocycles. The molecule has 242 valence electrons. The van der Waals surface area contributed by atoms with Crippen molar-refractivity contribution in [1.29, 1.82) is 0 Å². The number of nitrogens with zero attached hydrogens (tertiary/aromatic N) is 2. The molecule has 0 bridgehead atoms. The molecular formula is C47H32N2OS. The van der Waals surface area contributed by atoms with Crippen LogP contribution in [-0.2, 0) is 5.41 Å². The smallest absolute Gasteiger partial charge is 0.155 e. The van der Waals surface area contributed by atoms with Crippen LogP contribution in [0.5, 0.6) is 11.5 Å². The minimum absolute atomic E-state index is 0.0604. The molecule has 2 atom stereocenters. The Bertz CT molecular complexity index is 2710. The van der Waals surface area contributed by atoms with Crippen LogP contribution in [0.1, 0.15) is 64.2 Å². The fourth-order valence-electron chi connectivity index (χ4n) is 8.99. The van der Waals surface area contributed by atoms with Crippen LogP contribution >= 0.6 is 11.3 Å². The molecule has 0 fully saturated rings. The van der Waals surface area contributed by atoms with Crippen molar-refractivity contribution in [2.24, 2.45) is 9.98 Å². The van der Waals surface area contributed by atoms with Gasteiger partial charge in [0.15, 0.2) is 5.84 Å². The molecule has 0 amide bonds. The first-order valence-corrected chi connectivity index (χ1v) is 18.6. The van der Waals surface area contributed by atoms with Crippen LogP contribution in [0.3, 0.4) is 0 Å². The molecule has 51 heavy (non-hydrogen) atoms. The molecule has 2 unspecified atom stereocenters. The van der Waals surface area contributed by atoms with Gasteiger partial charge in [-0.2, -0.15) is 0 Å². The van der Waals surface area contributed by atoms with Crippen LogP contribution in [-0.4, -0.2) is 11.5 Å². The summed E-state index contributed by atoms with van der Waals surface area (Å²) in [5.41, 5.74) is 11.8. The maximum atomic E-state index is 6.85. The van der Waals surface area contributed by atoms with Gasteiger partial charge in [-0.1, -0.05) is 127 Å². The van der Waals surface area contributed by atoms with Gasteiger partial charge in [-0.25, -0.2) is 4.99 Å². The fraction of sp³-hybridized carbons (Fsp3) is 0.106. The van der Waals surface area contributed by atoms with Crippen molar-refractivity contribution < 1.29 is 4.74 Å². The number of ether oxygens (including phenoxy) is 1. The van der Waals surface area contributed by atoms with E-state index < -0.39 is 5.41 Å². The second-order valence-electron chi connectivity index (χ2n) is 13.9. The Balaban J connectivity index is 1.08. The highest BCUT2D eigenvalue weighted by atomic mass is 32.1. The topological polar surface area (TPSA) is 34.0 Å². The van der Waals surface area contributed by atoms with E-state index in [1.165, 1.54) is 59.1 Å². The van der Waals surface area contributed by atoms with Crippen molar-refractivity contribution in [1.82, 2.24) is 0 Å². The number of allylic oxidation sites excluding steroid dienone is 4. The van der Waals surface area contributed by atoms with E-state index >= 15 is 0 Å². The summed E-state index contributed by atoms with van der Waals surface area (Å²) in [6.07, 6.45) is 7.45. The molecule has 6 aromatic carbocycles. The van der Waals surface area contributed by atoms with Gasteiger partial charge >= 0.3 is 0 Å². The number of rotatable bonds is 3. The van der Waals surface area contributed by atoms with Crippen molar-refractivity contribution in [2.45, 2.75) is 30.7 Å². The number of hydrogen-bond donors (Lipinski definition) is 0. The Kier molecular flexibility index (Phi) is 6.29. The lowest BCUT2D eigenvalue weighted by Gasteiger charge is -2.41. The van der Waals surface area contributed by atoms with Gasteiger partial charge in [0.1, 0.15) is 11.5 Å². The zero-order chi connectivity index (χ0) is 33.5. The van der Waals surface area contributed by atoms with Crippen LogP contribution in [0.2, 0.25) is 0 Å². The Morgan fingerprint density at radius 1 is 0.647 bits per heavy atom. The summed E-state index contributed by atoms with van der Waals surface area (Å²) in [5, 5.41) is 2.62. The minimum atomic E-state index is -0.408. The van der Waals surface area contributed by atoms with Gasteiger partial charge in [0.25, 0.3) is 0 Å². The molecule has 0 N–H and O–H groups in total. The van der Waals surface area contributed by atoms with Gasteiger partial charge in [0, 0.05) is 43.3 Å². The number of amidine groups is 1. The number of aliphatic imine (C=N–C) groups is 2. The third-order valence-electron chi connectivity index (χ3n) is 11.2. The van der Waals surface area contributed by atoms with E-state index in [0.717, 1.165) is 53.4 Å². The maximum absolute atomic E-state index is 6.85. The highest BCUT2D eigenvalue weighted by Crippen LogP contribution is 2.62. The van der Waals surface area contributed by atoms with Gasteiger partial charge < -0.3 is 4.74 Å². The Morgan fingerprint density at radius 3 is 2.37 bits per heavy atom. The first-order chi connectivity index (χ1) is 25.3. The van der Waals surface area contributed by atoms with Gasteiger partial charge in [0.2, 0.25) is 0 Å². The van der Waals surface area contributed by atoms with Crippen molar-refractivity contribution in [2.75, 3.05) is 0 Å². The molecule has 1 aromatic heterocycles. The van der Waals surface area contributed by atoms with E-state index in [0.29, 0.717) is 0 Å². The van der Waals surface area contributed by atoms with Crippen LogP contribution in [0.4, 0.5) is 0 Å². The van der Waals surface area contributed by atoms with Gasteiger partial charge in [-0.3, -0.25) is 4.99 Å².